The quantitative estimate of drug-likeness (QED) is 0.619. The number of hydrogen-bond acceptors (Lipinski definition) is 6. The minimum atomic E-state index is -3.70. The highest BCUT2D eigenvalue weighted by molar-refractivity contribution is 7.92. The molecule has 1 heterocycles. The van der Waals surface area contributed by atoms with Crippen LogP contribution in [0.25, 0.3) is 0 Å². The standard InChI is InChI=1S/C23H30N4O5S/c1-25(2)23(29)19-6-10-21(11-7-19)27(33(3,30)31)17-22(28)24-16-18-4-8-20(9-5-18)26-12-14-32-15-13-26/h4-11H,12-17H2,1-3H3,(H,24,28). The number of rotatable bonds is 8. The Hall–Kier alpha value is -3.11. The average Bonchev–Trinajstić information content (AvgIpc) is 2.81. The highest BCUT2D eigenvalue weighted by Gasteiger charge is 2.21. The van der Waals surface area contributed by atoms with Gasteiger partial charge in [0, 0.05) is 45.0 Å². The third-order valence-corrected chi connectivity index (χ3v) is 6.44. The second-order valence-corrected chi connectivity index (χ2v) is 9.97. The van der Waals surface area contributed by atoms with Gasteiger partial charge in [-0.05, 0) is 42.0 Å². The smallest absolute Gasteiger partial charge is 0.253 e. The molecule has 1 aliphatic heterocycles. The Morgan fingerprint density at radius 2 is 1.61 bits per heavy atom. The highest BCUT2D eigenvalue weighted by Crippen LogP contribution is 2.19. The number of morpholine rings is 1. The summed E-state index contributed by atoms with van der Waals surface area (Å²) in [6.45, 7) is 3.05. The Labute approximate surface area is 195 Å². The number of ether oxygens (including phenoxy) is 1. The molecule has 3 rings (SSSR count). The number of nitrogens with zero attached hydrogens (tertiary/aromatic N) is 3. The van der Waals surface area contributed by atoms with Crippen molar-refractivity contribution >= 4 is 33.2 Å². The molecule has 0 radical (unpaired) electrons. The molecule has 2 amide bonds. The minimum absolute atomic E-state index is 0.190. The third kappa shape index (κ3) is 6.69. The van der Waals surface area contributed by atoms with Gasteiger partial charge in [-0.15, -0.1) is 0 Å². The topological polar surface area (TPSA) is 99.3 Å². The van der Waals surface area contributed by atoms with Gasteiger partial charge in [0.15, 0.2) is 0 Å². The maximum atomic E-state index is 12.5. The van der Waals surface area contributed by atoms with E-state index in [1.165, 1.54) is 17.0 Å². The zero-order chi connectivity index (χ0) is 24.0. The molecule has 1 fully saturated rings. The summed E-state index contributed by atoms with van der Waals surface area (Å²) in [5.41, 5.74) is 2.77. The molecule has 9 nitrogen and oxygen atoms in total. The largest absolute Gasteiger partial charge is 0.378 e. The molecule has 0 spiro atoms. The first kappa shape index (κ1) is 24.5. The molecule has 10 heteroatoms. The number of carbonyl (C=O) groups is 2. The molecule has 2 aromatic rings. The van der Waals surface area contributed by atoms with Crippen LogP contribution in [0.1, 0.15) is 15.9 Å². The summed E-state index contributed by atoms with van der Waals surface area (Å²) in [7, 11) is -0.425. The van der Waals surface area contributed by atoms with Crippen LogP contribution in [0.2, 0.25) is 0 Å². The second-order valence-electron chi connectivity index (χ2n) is 8.06. The van der Waals surface area contributed by atoms with Crippen molar-refractivity contribution in [3.63, 3.8) is 0 Å². The lowest BCUT2D eigenvalue weighted by atomic mass is 10.2. The summed E-state index contributed by atoms with van der Waals surface area (Å²) in [4.78, 5) is 28.3. The summed E-state index contributed by atoms with van der Waals surface area (Å²) < 4.78 is 31.0. The van der Waals surface area contributed by atoms with Crippen LogP contribution >= 0.6 is 0 Å². The lowest BCUT2D eigenvalue weighted by molar-refractivity contribution is -0.119. The molecule has 0 bridgehead atoms. The van der Waals surface area contributed by atoms with Crippen molar-refractivity contribution in [1.29, 1.82) is 0 Å². The summed E-state index contributed by atoms with van der Waals surface area (Å²) >= 11 is 0. The van der Waals surface area contributed by atoms with Crippen LogP contribution < -0.4 is 14.5 Å². The Morgan fingerprint density at radius 3 is 2.15 bits per heavy atom. The first-order valence-corrected chi connectivity index (χ1v) is 12.5. The van der Waals surface area contributed by atoms with Crippen LogP contribution in [0, 0.1) is 0 Å². The first-order chi connectivity index (χ1) is 15.6. The van der Waals surface area contributed by atoms with Crippen LogP contribution in [-0.2, 0) is 26.1 Å². The lowest BCUT2D eigenvalue weighted by Crippen LogP contribution is -2.40. The Morgan fingerprint density at radius 1 is 1.00 bits per heavy atom. The van der Waals surface area contributed by atoms with Crippen LogP contribution in [0.15, 0.2) is 48.5 Å². The van der Waals surface area contributed by atoms with Crippen LogP contribution in [0.5, 0.6) is 0 Å². The molecule has 0 aliphatic carbocycles. The number of carbonyl (C=O) groups excluding carboxylic acids is 2. The van der Waals surface area contributed by atoms with Gasteiger partial charge < -0.3 is 19.9 Å². The monoisotopic (exact) mass is 474 g/mol. The normalized spacial score (nSPS) is 14.0. The van der Waals surface area contributed by atoms with Crippen molar-refractivity contribution in [2.75, 3.05) is 62.4 Å². The molecule has 0 aromatic heterocycles. The van der Waals surface area contributed by atoms with E-state index >= 15 is 0 Å². The fourth-order valence-corrected chi connectivity index (χ4v) is 4.32. The van der Waals surface area contributed by atoms with E-state index < -0.39 is 15.9 Å². The van der Waals surface area contributed by atoms with Crippen molar-refractivity contribution in [3.05, 3.63) is 59.7 Å². The second kappa shape index (κ2) is 10.7. The van der Waals surface area contributed by atoms with Gasteiger partial charge in [-0.3, -0.25) is 13.9 Å². The van der Waals surface area contributed by atoms with E-state index in [4.69, 9.17) is 4.74 Å². The van der Waals surface area contributed by atoms with Gasteiger partial charge in [0.05, 0.1) is 25.2 Å². The van der Waals surface area contributed by atoms with Crippen LogP contribution in [0.3, 0.4) is 0 Å². The third-order valence-electron chi connectivity index (χ3n) is 5.30. The van der Waals surface area contributed by atoms with Crippen molar-refractivity contribution in [3.8, 4) is 0 Å². The summed E-state index contributed by atoms with van der Waals surface area (Å²) in [5, 5.41) is 2.78. The summed E-state index contributed by atoms with van der Waals surface area (Å²) in [6.07, 6.45) is 1.05. The molecule has 33 heavy (non-hydrogen) atoms. The minimum Gasteiger partial charge on any atom is -0.378 e. The van der Waals surface area contributed by atoms with Gasteiger partial charge in [0.25, 0.3) is 5.91 Å². The fraction of sp³-hybridized carbons (Fsp3) is 0.391. The van der Waals surface area contributed by atoms with Crippen LogP contribution in [-0.4, -0.2) is 78.3 Å². The van der Waals surface area contributed by atoms with Crippen molar-refractivity contribution in [2.24, 2.45) is 0 Å². The molecule has 2 aromatic carbocycles. The first-order valence-electron chi connectivity index (χ1n) is 10.6. The molecule has 0 saturated carbocycles. The van der Waals surface area contributed by atoms with E-state index in [0.29, 0.717) is 24.5 Å². The zero-order valence-electron chi connectivity index (χ0n) is 19.2. The fourth-order valence-electron chi connectivity index (χ4n) is 3.46. The number of nitrogens with one attached hydrogen (secondary N) is 1. The van der Waals surface area contributed by atoms with Crippen molar-refractivity contribution in [2.45, 2.75) is 6.54 Å². The number of sulfonamides is 1. The molecular weight excluding hydrogens is 444 g/mol. The van der Waals surface area contributed by atoms with Crippen LogP contribution in [0.4, 0.5) is 11.4 Å². The number of amides is 2. The lowest BCUT2D eigenvalue weighted by Gasteiger charge is -2.29. The highest BCUT2D eigenvalue weighted by atomic mass is 32.2. The Bertz CT molecular complexity index is 1060. The number of benzene rings is 2. The predicted molar refractivity (Wildman–Crippen MR) is 128 cm³/mol. The molecule has 1 aliphatic rings. The molecule has 0 atom stereocenters. The predicted octanol–water partition coefficient (Wildman–Crippen LogP) is 1.31. The van der Waals surface area contributed by atoms with Crippen molar-refractivity contribution in [1.82, 2.24) is 10.2 Å². The van der Waals surface area contributed by atoms with Gasteiger partial charge in [-0.1, -0.05) is 12.1 Å². The van der Waals surface area contributed by atoms with Gasteiger partial charge in [-0.2, -0.15) is 0 Å². The molecule has 0 unspecified atom stereocenters. The zero-order valence-corrected chi connectivity index (χ0v) is 20.0. The van der Waals surface area contributed by atoms with Gasteiger partial charge >= 0.3 is 0 Å². The maximum Gasteiger partial charge on any atom is 0.253 e. The van der Waals surface area contributed by atoms with E-state index in [2.05, 4.69) is 10.2 Å². The van der Waals surface area contributed by atoms with E-state index in [9.17, 15) is 18.0 Å². The van der Waals surface area contributed by atoms with E-state index in [1.54, 1.807) is 26.2 Å². The molecule has 1 N–H and O–H groups in total. The average molecular weight is 475 g/mol. The van der Waals surface area contributed by atoms with Crippen molar-refractivity contribution < 1.29 is 22.7 Å². The number of anilines is 2. The maximum absolute atomic E-state index is 12.5. The SMILES string of the molecule is CN(C)C(=O)c1ccc(N(CC(=O)NCc2ccc(N3CCOCC3)cc2)S(C)(=O)=O)cc1. The van der Waals surface area contributed by atoms with E-state index in [1.807, 2.05) is 24.3 Å². The Kier molecular flexibility index (Phi) is 7.93. The van der Waals surface area contributed by atoms with Gasteiger partial charge in [0.1, 0.15) is 6.54 Å². The van der Waals surface area contributed by atoms with E-state index in [0.717, 1.165) is 34.9 Å². The van der Waals surface area contributed by atoms with Gasteiger partial charge in [0.2, 0.25) is 15.9 Å². The molecule has 178 valence electrons. The number of hydrogen-bond donors (Lipinski definition) is 1. The molecular formula is C23H30N4O5S. The Balaban J connectivity index is 1.61. The van der Waals surface area contributed by atoms with Gasteiger partial charge in [-0.25, -0.2) is 8.42 Å². The molecule has 1 saturated heterocycles. The van der Waals surface area contributed by atoms with E-state index in [-0.39, 0.29) is 19.0 Å². The summed E-state index contributed by atoms with van der Waals surface area (Å²) in [6, 6.07) is 14.0. The summed E-state index contributed by atoms with van der Waals surface area (Å²) in [5.74, 6) is -0.615.